The molecule has 0 fully saturated rings. The minimum atomic E-state index is -1.60. The van der Waals surface area contributed by atoms with Crippen molar-refractivity contribution in [1.82, 2.24) is 0 Å². The summed E-state index contributed by atoms with van der Waals surface area (Å²) in [6.45, 7) is 18.3. The highest BCUT2D eigenvalue weighted by molar-refractivity contribution is 5.88. The molecular weight excluding hydrogens is 330 g/mol. The average molecular weight is 368 g/mol. The lowest BCUT2D eigenvalue weighted by Crippen LogP contribution is -2.52. The van der Waals surface area contributed by atoms with Crippen molar-refractivity contribution in [1.29, 1.82) is 5.26 Å². The summed E-state index contributed by atoms with van der Waals surface area (Å²) in [7, 11) is 0. The van der Waals surface area contributed by atoms with E-state index in [1.165, 1.54) is 0 Å². The van der Waals surface area contributed by atoms with Gasteiger partial charge in [-0.05, 0) is 52.4 Å². The molecule has 5 nitrogen and oxygen atoms in total. The van der Waals surface area contributed by atoms with Gasteiger partial charge in [0.1, 0.15) is 11.2 Å². The summed E-state index contributed by atoms with van der Waals surface area (Å²) in [6.07, 6.45) is 1.25. The number of carbonyl (C=O) groups is 2. The Hall–Kier alpha value is -1.57. The Morgan fingerprint density at radius 2 is 1.35 bits per heavy atom. The van der Waals surface area contributed by atoms with Crippen molar-refractivity contribution in [2.24, 2.45) is 23.2 Å². The fourth-order valence-corrected chi connectivity index (χ4v) is 2.77. The lowest BCUT2D eigenvalue weighted by atomic mass is 9.64. The molecule has 0 rings (SSSR count). The molecule has 0 spiro atoms. The van der Waals surface area contributed by atoms with Gasteiger partial charge in [-0.1, -0.05) is 41.5 Å². The van der Waals surface area contributed by atoms with Crippen LogP contribution in [-0.4, -0.2) is 23.1 Å². The van der Waals surface area contributed by atoms with E-state index in [0.29, 0.717) is 12.8 Å². The van der Waals surface area contributed by atoms with Gasteiger partial charge in [-0.3, -0.25) is 9.59 Å². The van der Waals surface area contributed by atoms with Crippen LogP contribution in [0.3, 0.4) is 0 Å². The summed E-state index contributed by atoms with van der Waals surface area (Å²) in [5, 5.41) is 10.1. The van der Waals surface area contributed by atoms with E-state index in [4.69, 9.17) is 9.47 Å². The van der Waals surface area contributed by atoms with Gasteiger partial charge in [0.25, 0.3) is 0 Å². The summed E-state index contributed by atoms with van der Waals surface area (Å²) in [5.74, 6) is -2.73. The van der Waals surface area contributed by atoms with Gasteiger partial charge in [-0.25, -0.2) is 0 Å². The lowest BCUT2D eigenvalue weighted by molar-refractivity contribution is -0.185. The summed E-state index contributed by atoms with van der Waals surface area (Å²) < 4.78 is 11.4. The molecule has 0 aliphatic heterocycles. The third kappa shape index (κ3) is 5.46. The van der Waals surface area contributed by atoms with Crippen LogP contribution in [0.25, 0.3) is 0 Å². The van der Waals surface area contributed by atoms with Crippen LogP contribution < -0.4 is 0 Å². The van der Waals surface area contributed by atoms with Crippen LogP contribution in [0, 0.1) is 34.5 Å². The molecule has 2 atom stereocenters. The van der Waals surface area contributed by atoms with Crippen LogP contribution in [0.4, 0.5) is 0 Å². The van der Waals surface area contributed by atoms with E-state index in [1.54, 1.807) is 27.7 Å². The topological polar surface area (TPSA) is 76.4 Å². The first kappa shape index (κ1) is 24.4. The van der Waals surface area contributed by atoms with Gasteiger partial charge in [-0.2, -0.15) is 5.26 Å². The zero-order chi connectivity index (χ0) is 20.9. The number of esters is 2. The van der Waals surface area contributed by atoms with E-state index in [0.717, 1.165) is 0 Å². The van der Waals surface area contributed by atoms with Crippen LogP contribution >= 0.6 is 0 Å². The number of carbonyl (C=O) groups excluding carboxylic acids is 2. The average Bonchev–Trinajstić information content (AvgIpc) is 2.50. The number of ether oxygens (including phenoxy) is 2. The predicted molar refractivity (Wildman–Crippen MR) is 102 cm³/mol. The second-order valence-electron chi connectivity index (χ2n) is 8.89. The number of hydrogen-bond acceptors (Lipinski definition) is 5. The Bertz CT molecular complexity index is 543. The molecule has 0 aromatic rings. The normalized spacial score (nSPS) is 16.0. The highest BCUT2D eigenvalue weighted by Crippen LogP contribution is 2.43. The van der Waals surface area contributed by atoms with E-state index in [2.05, 4.69) is 6.07 Å². The smallest absolute Gasteiger partial charge is 0.328 e. The Balaban J connectivity index is 6.17. The Kier molecular flexibility index (Phi) is 8.35. The monoisotopic (exact) mass is 367 g/mol. The van der Waals surface area contributed by atoms with Gasteiger partial charge in [0.2, 0.25) is 0 Å². The van der Waals surface area contributed by atoms with Crippen molar-refractivity contribution in [3.8, 4) is 6.07 Å². The molecule has 150 valence electrons. The first-order chi connectivity index (χ1) is 11.7. The van der Waals surface area contributed by atoms with E-state index < -0.39 is 40.4 Å². The minimum absolute atomic E-state index is 0.255. The molecule has 0 saturated carbocycles. The molecule has 0 heterocycles. The molecule has 0 aliphatic rings. The van der Waals surface area contributed by atoms with Crippen molar-refractivity contribution < 1.29 is 19.1 Å². The van der Waals surface area contributed by atoms with Crippen LogP contribution in [0.5, 0.6) is 0 Å². The van der Waals surface area contributed by atoms with Crippen LogP contribution in [0.15, 0.2) is 0 Å². The highest BCUT2D eigenvalue weighted by Gasteiger charge is 2.56. The number of rotatable bonds is 9. The van der Waals surface area contributed by atoms with Crippen LogP contribution in [-0.2, 0) is 19.1 Å². The highest BCUT2D eigenvalue weighted by atomic mass is 16.6. The molecule has 0 aliphatic carbocycles. The number of nitrogens with zero attached hydrogens (tertiary/aromatic N) is 1. The molecule has 0 radical (unpaired) electrons. The molecule has 0 aromatic heterocycles. The Morgan fingerprint density at radius 3 is 1.65 bits per heavy atom. The molecule has 0 amide bonds. The van der Waals surface area contributed by atoms with E-state index >= 15 is 0 Å². The van der Waals surface area contributed by atoms with Crippen molar-refractivity contribution in [2.75, 3.05) is 0 Å². The predicted octanol–water partition coefficient (Wildman–Crippen LogP) is 4.89. The second-order valence-corrected chi connectivity index (χ2v) is 8.89. The van der Waals surface area contributed by atoms with Gasteiger partial charge in [0, 0.05) is 0 Å². The maximum Gasteiger partial charge on any atom is 0.328 e. The number of hydrogen-bond donors (Lipinski definition) is 0. The lowest BCUT2D eigenvalue weighted by Gasteiger charge is -2.40. The fourth-order valence-electron chi connectivity index (χ4n) is 2.77. The first-order valence-corrected chi connectivity index (χ1v) is 9.58. The van der Waals surface area contributed by atoms with Crippen molar-refractivity contribution in [3.63, 3.8) is 0 Å². The van der Waals surface area contributed by atoms with Gasteiger partial charge in [0.05, 0.1) is 12.0 Å². The maximum absolute atomic E-state index is 13.1. The SMILES string of the molecule is CCC(C)(C)OC(=O)C(C(C)C)C(C#N)(C(=O)OC(C)(C)CC)C(C)C. The van der Waals surface area contributed by atoms with Crippen molar-refractivity contribution >= 4 is 11.9 Å². The Morgan fingerprint density at radius 1 is 0.923 bits per heavy atom. The first-order valence-electron chi connectivity index (χ1n) is 9.58. The summed E-state index contributed by atoms with van der Waals surface area (Å²) in [6, 6.07) is 2.15. The van der Waals surface area contributed by atoms with Crippen molar-refractivity contribution in [3.05, 3.63) is 0 Å². The van der Waals surface area contributed by atoms with E-state index in [-0.39, 0.29) is 5.92 Å². The molecule has 0 saturated heterocycles. The molecule has 0 N–H and O–H groups in total. The van der Waals surface area contributed by atoms with Gasteiger partial charge in [0.15, 0.2) is 5.41 Å². The van der Waals surface area contributed by atoms with Gasteiger partial charge < -0.3 is 9.47 Å². The molecular formula is C21H37NO4. The molecule has 26 heavy (non-hydrogen) atoms. The summed E-state index contributed by atoms with van der Waals surface area (Å²) in [4.78, 5) is 26.2. The third-order valence-corrected chi connectivity index (χ3v) is 5.29. The molecule has 2 unspecified atom stereocenters. The largest absolute Gasteiger partial charge is 0.459 e. The van der Waals surface area contributed by atoms with E-state index in [9.17, 15) is 14.9 Å². The zero-order valence-electron chi connectivity index (χ0n) is 18.2. The molecule has 0 bridgehead atoms. The zero-order valence-corrected chi connectivity index (χ0v) is 18.2. The number of nitriles is 1. The minimum Gasteiger partial charge on any atom is -0.459 e. The summed E-state index contributed by atoms with van der Waals surface area (Å²) in [5.41, 5.74) is -2.96. The second kappa shape index (κ2) is 8.88. The van der Waals surface area contributed by atoms with Crippen molar-refractivity contribution in [2.45, 2.75) is 93.3 Å². The summed E-state index contributed by atoms with van der Waals surface area (Å²) >= 11 is 0. The third-order valence-electron chi connectivity index (χ3n) is 5.29. The molecule has 5 heteroatoms. The Labute approximate surface area is 159 Å². The van der Waals surface area contributed by atoms with E-state index in [1.807, 2.05) is 41.5 Å². The standard InChI is InChI=1S/C21H37NO4/c1-11-19(7,8)25-17(23)16(14(3)4)21(13-22,15(5)6)18(24)26-20(9,10)12-2/h14-16H,11-12H2,1-10H3. The van der Waals surface area contributed by atoms with Crippen LogP contribution in [0.1, 0.15) is 82.1 Å². The van der Waals surface area contributed by atoms with Gasteiger partial charge in [-0.15, -0.1) is 0 Å². The van der Waals surface area contributed by atoms with Crippen LogP contribution in [0.2, 0.25) is 0 Å². The molecule has 0 aromatic carbocycles. The quantitative estimate of drug-likeness (QED) is 0.542. The van der Waals surface area contributed by atoms with Gasteiger partial charge >= 0.3 is 11.9 Å². The fraction of sp³-hybridized carbons (Fsp3) is 0.857. The maximum atomic E-state index is 13.1.